The Bertz CT molecular complexity index is 329. The van der Waals surface area contributed by atoms with Crippen LogP contribution < -0.4 is 0 Å². The molecule has 0 atom stereocenters. The molecular formula is C7H4NO2S+. The first kappa shape index (κ1) is 7.85. The first-order valence-electron chi connectivity index (χ1n) is 2.86. The van der Waals surface area contributed by atoms with E-state index in [0.29, 0.717) is 5.56 Å². The monoisotopic (exact) mass is 166 g/mol. The molecule has 4 heteroatoms. The Balaban J connectivity index is 3.13. The number of benzene rings is 1. The van der Waals surface area contributed by atoms with Gasteiger partial charge in [0.05, 0.1) is 0 Å². The summed E-state index contributed by atoms with van der Waals surface area (Å²) < 4.78 is 0. The molecule has 0 saturated heterocycles. The molecule has 0 fully saturated rings. The van der Waals surface area contributed by atoms with Crippen molar-refractivity contribution in [3.8, 4) is 5.18 Å². The first-order valence-corrected chi connectivity index (χ1v) is 3.27. The zero-order chi connectivity index (χ0) is 8.27. The predicted octanol–water partition coefficient (Wildman–Crippen LogP) is 1.45. The summed E-state index contributed by atoms with van der Waals surface area (Å²) >= 11 is 4.49. The third-order valence-corrected chi connectivity index (χ3v) is 1.41. The molecule has 0 spiro atoms. The summed E-state index contributed by atoms with van der Waals surface area (Å²) in [5, 5.41) is 12.6. The van der Waals surface area contributed by atoms with Crippen molar-refractivity contribution in [2.45, 2.75) is 0 Å². The van der Waals surface area contributed by atoms with Crippen LogP contribution in [0.2, 0.25) is 0 Å². The number of non-ortho nitro benzene ring substituents is 1. The van der Waals surface area contributed by atoms with E-state index in [1.54, 1.807) is 12.1 Å². The van der Waals surface area contributed by atoms with Crippen LogP contribution in [-0.4, -0.2) is 4.92 Å². The Labute approximate surface area is 68.4 Å². The number of rotatable bonds is 1. The summed E-state index contributed by atoms with van der Waals surface area (Å²) in [5.74, 6) is 0. The second kappa shape index (κ2) is 3.23. The summed E-state index contributed by atoms with van der Waals surface area (Å²) in [7, 11) is 0. The first-order chi connectivity index (χ1) is 5.24. The zero-order valence-corrected chi connectivity index (χ0v) is 6.30. The number of nitro benzene ring substituents is 1. The quantitative estimate of drug-likeness (QED) is 0.360. The predicted molar refractivity (Wildman–Crippen MR) is 43.5 cm³/mol. The molecule has 3 nitrogen and oxygen atoms in total. The van der Waals surface area contributed by atoms with E-state index in [1.807, 2.05) is 0 Å². The van der Waals surface area contributed by atoms with Gasteiger partial charge in [-0.3, -0.25) is 0 Å². The van der Waals surface area contributed by atoms with E-state index in [1.165, 1.54) is 12.1 Å². The van der Waals surface area contributed by atoms with Gasteiger partial charge in [0.15, 0.2) is 0 Å². The van der Waals surface area contributed by atoms with Gasteiger partial charge in [-0.25, -0.2) is 0 Å². The Morgan fingerprint density at radius 2 is 2.27 bits per heavy atom. The van der Waals surface area contributed by atoms with E-state index in [9.17, 15) is 10.1 Å². The minimum atomic E-state index is -0.462. The second-order valence-corrected chi connectivity index (χ2v) is 2.11. The number of nitro groups is 1. The molecule has 0 aliphatic heterocycles. The molecule has 1 aromatic carbocycles. The molecule has 54 valence electrons. The molecule has 0 radical (unpaired) electrons. The van der Waals surface area contributed by atoms with Gasteiger partial charge in [0.25, 0.3) is 0 Å². The molecule has 0 amide bonds. The molecule has 0 N–H and O–H groups in total. The molecule has 0 bridgehead atoms. The van der Waals surface area contributed by atoms with Crippen molar-refractivity contribution in [2.24, 2.45) is 0 Å². The molecule has 1 aromatic rings. The van der Waals surface area contributed by atoms with Crippen LogP contribution in [0.15, 0.2) is 24.3 Å². The summed E-state index contributed by atoms with van der Waals surface area (Å²) in [5.41, 5.74) is 0.606. The van der Waals surface area contributed by atoms with Crippen LogP contribution in [-0.2, 0) is 12.0 Å². The Morgan fingerprint density at radius 1 is 1.55 bits per heavy atom. The van der Waals surface area contributed by atoms with Gasteiger partial charge in [-0.15, -0.1) is 0 Å². The van der Waals surface area contributed by atoms with Gasteiger partial charge in [-0.1, -0.05) is 0 Å². The molecule has 1 rings (SSSR count). The van der Waals surface area contributed by atoms with Crippen molar-refractivity contribution in [2.75, 3.05) is 0 Å². The molecule has 0 unspecified atom stereocenters. The molecule has 0 heterocycles. The van der Waals surface area contributed by atoms with Gasteiger partial charge in [0, 0.05) is 0 Å². The van der Waals surface area contributed by atoms with Crippen LogP contribution >= 0.6 is 0 Å². The van der Waals surface area contributed by atoms with E-state index in [-0.39, 0.29) is 5.69 Å². The summed E-state index contributed by atoms with van der Waals surface area (Å²) in [4.78, 5) is 9.75. The fraction of sp³-hybridized carbons (Fsp3) is 0. The number of nitrogens with zero attached hydrogens (tertiary/aromatic N) is 1. The SMILES string of the molecule is O=[N+]([O-])c1cccc(C#[S+])c1. The van der Waals surface area contributed by atoms with Crippen molar-refractivity contribution >= 4 is 17.7 Å². The van der Waals surface area contributed by atoms with E-state index in [0.717, 1.165) is 0 Å². The molecule has 11 heavy (non-hydrogen) atoms. The Kier molecular flexibility index (Phi) is 2.31. The number of hydrogen-bond acceptors (Lipinski definition) is 2. The van der Waals surface area contributed by atoms with Crippen molar-refractivity contribution in [3.63, 3.8) is 0 Å². The average molecular weight is 166 g/mol. The van der Waals surface area contributed by atoms with Gasteiger partial charge in [-0.2, -0.15) is 0 Å². The van der Waals surface area contributed by atoms with Crippen molar-refractivity contribution in [3.05, 3.63) is 39.9 Å². The van der Waals surface area contributed by atoms with Crippen LogP contribution in [0, 0.1) is 15.3 Å². The Morgan fingerprint density at radius 3 is 2.82 bits per heavy atom. The van der Waals surface area contributed by atoms with Crippen LogP contribution in [0.1, 0.15) is 5.56 Å². The maximum absolute atomic E-state index is 10.2. The van der Waals surface area contributed by atoms with E-state index in [4.69, 9.17) is 0 Å². The van der Waals surface area contributed by atoms with Crippen LogP contribution in [0.3, 0.4) is 0 Å². The third-order valence-electron chi connectivity index (χ3n) is 1.17. The van der Waals surface area contributed by atoms with Gasteiger partial charge in [0.1, 0.15) is 0 Å². The number of hydrogen-bond donors (Lipinski definition) is 0. The van der Waals surface area contributed by atoms with Gasteiger partial charge >= 0.3 is 67.8 Å². The van der Waals surface area contributed by atoms with Gasteiger partial charge in [0.2, 0.25) is 0 Å². The average Bonchev–Trinajstić information content (AvgIpc) is 2.05. The minimum absolute atomic E-state index is 0.0415. The maximum atomic E-state index is 10.2. The Hall–Kier alpha value is -1.25. The standard InChI is InChI=1S/C7H4NO2S/c9-8(10)7-3-1-2-6(4-7)5-11/h1-4H/q+1. The van der Waals surface area contributed by atoms with E-state index >= 15 is 0 Å². The topological polar surface area (TPSA) is 43.1 Å². The summed E-state index contributed by atoms with van der Waals surface area (Å²) in [6, 6.07) is 6.04. The van der Waals surface area contributed by atoms with Gasteiger partial charge in [-0.05, 0) is 0 Å². The summed E-state index contributed by atoms with van der Waals surface area (Å²) in [6.45, 7) is 0. The van der Waals surface area contributed by atoms with E-state index < -0.39 is 4.92 Å². The van der Waals surface area contributed by atoms with Crippen LogP contribution in [0.4, 0.5) is 5.69 Å². The molecular weight excluding hydrogens is 162 g/mol. The zero-order valence-electron chi connectivity index (χ0n) is 5.48. The third kappa shape index (κ3) is 1.83. The van der Waals surface area contributed by atoms with Crippen molar-refractivity contribution in [1.82, 2.24) is 0 Å². The van der Waals surface area contributed by atoms with Crippen LogP contribution in [0.5, 0.6) is 0 Å². The molecule has 0 aliphatic rings. The normalized spacial score (nSPS) is 8.64. The van der Waals surface area contributed by atoms with Crippen molar-refractivity contribution in [1.29, 1.82) is 0 Å². The fourth-order valence-corrected chi connectivity index (χ4v) is 0.810. The van der Waals surface area contributed by atoms with Crippen LogP contribution in [0.25, 0.3) is 0 Å². The molecule has 0 saturated carbocycles. The second-order valence-electron chi connectivity index (χ2n) is 1.91. The summed E-state index contributed by atoms with van der Waals surface area (Å²) in [6.07, 6.45) is 0. The van der Waals surface area contributed by atoms with Crippen molar-refractivity contribution < 1.29 is 4.92 Å². The molecule has 0 aliphatic carbocycles. The fourth-order valence-electron chi connectivity index (χ4n) is 0.683. The van der Waals surface area contributed by atoms with Gasteiger partial charge < -0.3 is 0 Å². The van der Waals surface area contributed by atoms with E-state index in [2.05, 4.69) is 17.2 Å². The molecule has 0 aromatic heterocycles.